The Morgan fingerprint density at radius 2 is 2.32 bits per heavy atom. The van der Waals surface area contributed by atoms with E-state index in [1.807, 2.05) is 23.1 Å². The minimum atomic E-state index is 0.154. The Kier molecular flexibility index (Phi) is 3.53. The first kappa shape index (κ1) is 12.6. The van der Waals surface area contributed by atoms with Gasteiger partial charge in [-0.3, -0.25) is 4.79 Å². The molecule has 0 aromatic heterocycles. The quantitative estimate of drug-likeness (QED) is 0.872. The van der Waals surface area contributed by atoms with E-state index in [0.717, 1.165) is 25.3 Å². The van der Waals surface area contributed by atoms with Gasteiger partial charge in [-0.05, 0) is 25.0 Å². The Hall–Kier alpha value is -1.39. The van der Waals surface area contributed by atoms with Gasteiger partial charge in [0, 0.05) is 30.7 Å². The average molecular weight is 260 g/mol. The fraction of sp³-hybridized carbons (Fsp3) is 0.533. The van der Waals surface area contributed by atoms with Gasteiger partial charge in [0.1, 0.15) is 0 Å². The second kappa shape index (κ2) is 5.31. The number of rotatable bonds is 2. The van der Waals surface area contributed by atoms with Crippen LogP contribution in [-0.2, 0) is 16.0 Å². The van der Waals surface area contributed by atoms with Gasteiger partial charge < -0.3 is 15.0 Å². The van der Waals surface area contributed by atoms with Crippen molar-refractivity contribution in [2.45, 2.75) is 31.8 Å². The number of hydrogen-bond acceptors (Lipinski definition) is 3. The lowest BCUT2D eigenvalue weighted by molar-refractivity contribution is -0.120. The minimum Gasteiger partial charge on any atom is -0.378 e. The smallest absolute Gasteiger partial charge is 0.228 e. The van der Waals surface area contributed by atoms with E-state index < -0.39 is 0 Å². The molecule has 1 saturated heterocycles. The second-order valence-electron chi connectivity index (χ2n) is 5.38. The Morgan fingerprint density at radius 1 is 1.47 bits per heavy atom. The molecular formula is C15H20N2O2. The van der Waals surface area contributed by atoms with Crippen LogP contribution in [0, 0.1) is 0 Å². The first-order valence-electron chi connectivity index (χ1n) is 6.97. The van der Waals surface area contributed by atoms with Crippen LogP contribution in [0.4, 0.5) is 5.69 Å². The molecule has 0 radical (unpaired) electrons. The maximum absolute atomic E-state index is 12.5. The number of fused-ring (bicyclic) bond motifs is 1. The highest BCUT2D eigenvalue weighted by Gasteiger charge is 2.31. The van der Waals surface area contributed by atoms with Gasteiger partial charge >= 0.3 is 0 Å². The van der Waals surface area contributed by atoms with E-state index in [2.05, 4.69) is 18.3 Å². The lowest BCUT2D eigenvalue weighted by atomic mass is 10.1. The largest absolute Gasteiger partial charge is 0.378 e. The van der Waals surface area contributed by atoms with E-state index in [1.54, 1.807) is 0 Å². The fourth-order valence-corrected chi connectivity index (χ4v) is 3.01. The van der Waals surface area contributed by atoms with Crippen LogP contribution in [0.1, 0.15) is 18.9 Å². The maximum atomic E-state index is 12.5. The third-order valence-corrected chi connectivity index (χ3v) is 3.90. The number of ether oxygens (including phenoxy) is 1. The topological polar surface area (TPSA) is 41.6 Å². The summed E-state index contributed by atoms with van der Waals surface area (Å²) in [5.74, 6) is 0.195. The van der Waals surface area contributed by atoms with Crippen molar-refractivity contribution >= 4 is 11.6 Å². The number of carbonyl (C=O) groups is 1. The standard InChI is InChI=1S/C15H20N2O2/c1-11-8-12-4-2-3-5-14(12)17(11)15(18)9-13-10-19-7-6-16-13/h2-5,11,13,16H,6-10H2,1H3/t11-,13+/m1/s1. The summed E-state index contributed by atoms with van der Waals surface area (Å²) in [6, 6.07) is 8.60. The van der Waals surface area contributed by atoms with Crippen LogP contribution in [-0.4, -0.2) is 37.7 Å². The van der Waals surface area contributed by atoms with Crippen LogP contribution in [0.3, 0.4) is 0 Å². The molecule has 0 aliphatic carbocycles. The fourth-order valence-electron chi connectivity index (χ4n) is 3.01. The summed E-state index contributed by atoms with van der Waals surface area (Å²) in [6.45, 7) is 4.33. The van der Waals surface area contributed by atoms with Gasteiger partial charge in [0.25, 0.3) is 0 Å². The summed E-state index contributed by atoms with van der Waals surface area (Å²) in [7, 11) is 0. The van der Waals surface area contributed by atoms with Crippen LogP contribution in [0.5, 0.6) is 0 Å². The third kappa shape index (κ3) is 2.51. The van der Waals surface area contributed by atoms with Crippen LogP contribution < -0.4 is 10.2 Å². The van der Waals surface area contributed by atoms with Crippen molar-refractivity contribution in [2.75, 3.05) is 24.7 Å². The number of para-hydroxylation sites is 1. The Balaban J connectivity index is 1.72. The predicted octanol–water partition coefficient (Wildman–Crippen LogP) is 1.34. The number of benzene rings is 1. The molecule has 0 spiro atoms. The molecule has 1 N–H and O–H groups in total. The normalized spacial score (nSPS) is 26.3. The second-order valence-corrected chi connectivity index (χ2v) is 5.38. The van der Waals surface area contributed by atoms with Crippen molar-refractivity contribution in [3.05, 3.63) is 29.8 Å². The van der Waals surface area contributed by atoms with Crippen LogP contribution in [0.2, 0.25) is 0 Å². The third-order valence-electron chi connectivity index (χ3n) is 3.90. The van der Waals surface area contributed by atoms with Crippen molar-refractivity contribution in [1.82, 2.24) is 5.32 Å². The summed E-state index contributed by atoms with van der Waals surface area (Å²) in [6.07, 6.45) is 1.47. The summed E-state index contributed by atoms with van der Waals surface area (Å²) in [5.41, 5.74) is 2.35. The summed E-state index contributed by atoms with van der Waals surface area (Å²) < 4.78 is 5.41. The van der Waals surface area contributed by atoms with E-state index in [4.69, 9.17) is 4.74 Å². The van der Waals surface area contributed by atoms with Gasteiger partial charge in [0.05, 0.1) is 13.2 Å². The molecule has 0 saturated carbocycles. The lowest BCUT2D eigenvalue weighted by Crippen LogP contribution is -2.46. The first-order chi connectivity index (χ1) is 9.25. The monoisotopic (exact) mass is 260 g/mol. The number of morpholine rings is 1. The van der Waals surface area contributed by atoms with Gasteiger partial charge in [-0.15, -0.1) is 0 Å². The van der Waals surface area contributed by atoms with Crippen molar-refractivity contribution in [1.29, 1.82) is 0 Å². The SMILES string of the molecule is C[C@@H]1Cc2ccccc2N1C(=O)C[C@H]1COCCN1. The predicted molar refractivity (Wildman–Crippen MR) is 74.3 cm³/mol. The molecule has 2 heterocycles. The molecule has 2 aliphatic heterocycles. The molecule has 3 rings (SSSR count). The Morgan fingerprint density at radius 3 is 3.11 bits per heavy atom. The highest BCUT2D eigenvalue weighted by atomic mass is 16.5. The average Bonchev–Trinajstić information content (AvgIpc) is 2.75. The Bertz CT molecular complexity index is 469. The number of nitrogens with one attached hydrogen (secondary N) is 1. The number of anilines is 1. The molecular weight excluding hydrogens is 240 g/mol. The van der Waals surface area contributed by atoms with Gasteiger partial charge in [-0.25, -0.2) is 0 Å². The Labute approximate surface area is 113 Å². The van der Waals surface area contributed by atoms with Gasteiger partial charge in [-0.2, -0.15) is 0 Å². The van der Waals surface area contributed by atoms with Crippen LogP contribution in [0.15, 0.2) is 24.3 Å². The molecule has 4 nitrogen and oxygen atoms in total. The maximum Gasteiger partial charge on any atom is 0.228 e. The lowest BCUT2D eigenvalue weighted by Gasteiger charge is -2.28. The van der Waals surface area contributed by atoms with Crippen LogP contribution >= 0.6 is 0 Å². The molecule has 1 aromatic carbocycles. The zero-order valence-corrected chi connectivity index (χ0v) is 11.3. The van der Waals surface area contributed by atoms with Gasteiger partial charge in [0.2, 0.25) is 5.91 Å². The molecule has 102 valence electrons. The van der Waals surface area contributed by atoms with E-state index in [1.165, 1.54) is 5.56 Å². The van der Waals surface area contributed by atoms with E-state index in [-0.39, 0.29) is 18.0 Å². The molecule has 0 unspecified atom stereocenters. The molecule has 4 heteroatoms. The summed E-state index contributed by atoms with van der Waals surface area (Å²) >= 11 is 0. The van der Waals surface area contributed by atoms with Crippen LogP contribution in [0.25, 0.3) is 0 Å². The van der Waals surface area contributed by atoms with Crippen molar-refractivity contribution < 1.29 is 9.53 Å². The highest BCUT2D eigenvalue weighted by Crippen LogP contribution is 2.32. The molecule has 2 atom stereocenters. The summed E-state index contributed by atoms with van der Waals surface area (Å²) in [4.78, 5) is 14.5. The highest BCUT2D eigenvalue weighted by molar-refractivity contribution is 5.96. The van der Waals surface area contributed by atoms with Gasteiger partial charge in [-0.1, -0.05) is 18.2 Å². The molecule has 2 aliphatic rings. The van der Waals surface area contributed by atoms with E-state index >= 15 is 0 Å². The number of carbonyl (C=O) groups excluding carboxylic acids is 1. The van der Waals surface area contributed by atoms with E-state index in [9.17, 15) is 4.79 Å². The molecule has 0 bridgehead atoms. The number of nitrogens with zero attached hydrogens (tertiary/aromatic N) is 1. The zero-order chi connectivity index (χ0) is 13.2. The first-order valence-corrected chi connectivity index (χ1v) is 6.97. The minimum absolute atomic E-state index is 0.154. The molecule has 1 amide bonds. The number of hydrogen-bond donors (Lipinski definition) is 1. The van der Waals surface area contributed by atoms with Crippen molar-refractivity contribution in [3.63, 3.8) is 0 Å². The van der Waals surface area contributed by atoms with Gasteiger partial charge in [0.15, 0.2) is 0 Å². The molecule has 1 aromatic rings. The molecule has 1 fully saturated rings. The van der Waals surface area contributed by atoms with Crippen molar-refractivity contribution in [3.8, 4) is 0 Å². The number of amides is 1. The van der Waals surface area contributed by atoms with E-state index in [0.29, 0.717) is 13.0 Å². The van der Waals surface area contributed by atoms with Crippen molar-refractivity contribution in [2.24, 2.45) is 0 Å². The molecule has 19 heavy (non-hydrogen) atoms. The summed E-state index contributed by atoms with van der Waals surface area (Å²) in [5, 5.41) is 3.34. The zero-order valence-electron chi connectivity index (χ0n) is 11.3.